The van der Waals surface area contributed by atoms with E-state index in [-0.39, 0.29) is 11.8 Å². The predicted octanol–water partition coefficient (Wildman–Crippen LogP) is 3.12. The molecule has 1 aromatic carbocycles. The summed E-state index contributed by atoms with van der Waals surface area (Å²) in [7, 11) is 0. The molecule has 0 spiro atoms. The van der Waals surface area contributed by atoms with E-state index in [1.807, 2.05) is 0 Å². The van der Waals surface area contributed by atoms with Crippen molar-refractivity contribution in [3.8, 4) is 0 Å². The van der Waals surface area contributed by atoms with Crippen molar-refractivity contribution in [2.45, 2.75) is 58.7 Å². The summed E-state index contributed by atoms with van der Waals surface area (Å²) in [5.74, 6) is 1.13. The van der Waals surface area contributed by atoms with E-state index in [1.165, 1.54) is 42.4 Å². The lowest BCUT2D eigenvalue weighted by atomic mass is 9.94. The van der Waals surface area contributed by atoms with Crippen LogP contribution in [0.4, 0.5) is 0 Å². The van der Waals surface area contributed by atoms with Crippen molar-refractivity contribution in [1.29, 1.82) is 0 Å². The quantitative estimate of drug-likeness (QED) is 0.873. The van der Waals surface area contributed by atoms with Gasteiger partial charge in [-0.2, -0.15) is 0 Å². The molecule has 2 N–H and O–H groups in total. The fourth-order valence-corrected chi connectivity index (χ4v) is 3.67. The molecule has 0 radical (unpaired) electrons. The lowest BCUT2D eigenvalue weighted by Crippen LogP contribution is -2.29. The molecule has 114 valence electrons. The fraction of sp³-hybridized carbons (Fsp3) is 0.611. The second-order valence-corrected chi connectivity index (χ2v) is 6.71. The summed E-state index contributed by atoms with van der Waals surface area (Å²) in [6.45, 7) is 4.65. The van der Waals surface area contributed by atoms with E-state index < -0.39 is 0 Å². The van der Waals surface area contributed by atoms with Gasteiger partial charge in [0.25, 0.3) is 0 Å². The molecule has 2 aliphatic rings. The highest BCUT2D eigenvalue weighted by atomic mass is 16.1. The molecule has 3 rings (SSSR count). The van der Waals surface area contributed by atoms with Crippen LogP contribution in [0.1, 0.15) is 55.7 Å². The molecule has 1 aliphatic carbocycles. The van der Waals surface area contributed by atoms with E-state index in [9.17, 15) is 4.79 Å². The van der Waals surface area contributed by atoms with Crippen molar-refractivity contribution >= 4 is 5.91 Å². The van der Waals surface area contributed by atoms with Crippen LogP contribution in [-0.2, 0) is 24.4 Å². The number of carbonyl (C=O) groups excluding carboxylic acids is 1. The van der Waals surface area contributed by atoms with Gasteiger partial charge in [0.15, 0.2) is 0 Å². The minimum absolute atomic E-state index is 0.143. The Morgan fingerprint density at radius 1 is 1.29 bits per heavy atom. The van der Waals surface area contributed by atoms with E-state index >= 15 is 0 Å². The summed E-state index contributed by atoms with van der Waals surface area (Å²) < 4.78 is 0. The maximum Gasteiger partial charge on any atom is 0.223 e. The molecule has 0 bridgehead atoms. The molecule has 3 heteroatoms. The number of fused-ring (bicyclic) bond motifs is 1. The predicted molar refractivity (Wildman–Crippen MR) is 84.6 cm³/mol. The summed E-state index contributed by atoms with van der Waals surface area (Å²) in [6.07, 6.45) is 6.38. The van der Waals surface area contributed by atoms with Gasteiger partial charge >= 0.3 is 0 Å². The first-order valence-corrected chi connectivity index (χ1v) is 8.31. The van der Waals surface area contributed by atoms with Gasteiger partial charge in [0, 0.05) is 25.6 Å². The van der Waals surface area contributed by atoms with E-state index in [2.05, 4.69) is 35.8 Å². The van der Waals surface area contributed by atoms with Crippen molar-refractivity contribution in [2.24, 2.45) is 11.8 Å². The molecule has 1 aromatic rings. The second kappa shape index (κ2) is 6.61. The molecule has 1 heterocycles. The van der Waals surface area contributed by atoms with Gasteiger partial charge in [-0.1, -0.05) is 50.8 Å². The first-order chi connectivity index (χ1) is 10.2. The Bertz CT molecular complexity index is 506. The highest BCUT2D eigenvalue weighted by Gasteiger charge is 2.21. The number of rotatable bonds is 5. The number of nitrogens with one attached hydrogen (secondary N) is 2. The second-order valence-electron chi connectivity index (χ2n) is 6.71. The number of benzene rings is 1. The Hall–Kier alpha value is -1.35. The minimum Gasteiger partial charge on any atom is -0.352 e. The van der Waals surface area contributed by atoms with Crippen LogP contribution in [0.15, 0.2) is 18.2 Å². The van der Waals surface area contributed by atoms with Crippen molar-refractivity contribution in [2.75, 3.05) is 0 Å². The van der Waals surface area contributed by atoms with E-state index in [0.717, 1.165) is 25.4 Å². The Labute approximate surface area is 127 Å². The fourth-order valence-electron chi connectivity index (χ4n) is 3.67. The zero-order chi connectivity index (χ0) is 14.7. The summed E-state index contributed by atoms with van der Waals surface area (Å²) >= 11 is 0. The van der Waals surface area contributed by atoms with Gasteiger partial charge < -0.3 is 10.6 Å². The molecular formula is C18H26N2O. The minimum atomic E-state index is 0.143. The first kappa shape index (κ1) is 14.6. The average Bonchev–Trinajstić information content (AvgIpc) is 3.14. The van der Waals surface area contributed by atoms with Crippen molar-refractivity contribution in [3.63, 3.8) is 0 Å². The van der Waals surface area contributed by atoms with E-state index in [0.29, 0.717) is 6.54 Å². The maximum absolute atomic E-state index is 12.2. The summed E-state index contributed by atoms with van der Waals surface area (Å²) in [6, 6.07) is 6.53. The third kappa shape index (κ3) is 3.65. The monoisotopic (exact) mass is 286 g/mol. The standard InChI is InChI=1S/C18H26N2O/c1-13(8-14-4-2-3-5-14)18(21)20-10-15-6-7-16-11-19-12-17(16)9-15/h6-7,9,13-14,19H,2-5,8,10-12H2,1H3,(H,20,21). The smallest absolute Gasteiger partial charge is 0.223 e. The number of amides is 1. The zero-order valence-electron chi connectivity index (χ0n) is 13.0. The van der Waals surface area contributed by atoms with Crippen molar-refractivity contribution in [3.05, 3.63) is 34.9 Å². The number of hydrogen-bond acceptors (Lipinski definition) is 2. The lowest BCUT2D eigenvalue weighted by Gasteiger charge is -2.16. The van der Waals surface area contributed by atoms with Crippen LogP contribution in [0, 0.1) is 11.8 Å². The topological polar surface area (TPSA) is 41.1 Å². The van der Waals surface area contributed by atoms with Crippen LogP contribution < -0.4 is 10.6 Å². The highest BCUT2D eigenvalue weighted by Crippen LogP contribution is 2.30. The van der Waals surface area contributed by atoms with Crippen LogP contribution in [0.3, 0.4) is 0 Å². The Kier molecular flexibility index (Phi) is 4.59. The lowest BCUT2D eigenvalue weighted by molar-refractivity contribution is -0.125. The SMILES string of the molecule is CC(CC1CCCC1)C(=O)NCc1ccc2c(c1)CNC2. The molecule has 3 nitrogen and oxygen atoms in total. The Morgan fingerprint density at radius 3 is 2.86 bits per heavy atom. The van der Waals surface area contributed by atoms with Crippen molar-refractivity contribution < 1.29 is 4.79 Å². The van der Waals surface area contributed by atoms with Gasteiger partial charge in [-0.15, -0.1) is 0 Å². The molecule has 1 fully saturated rings. The molecule has 1 amide bonds. The molecule has 1 aliphatic heterocycles. The highest BCUT2D eigenvalue weighted by molar-refractivity contribution is 5.78. The van der Waals surface area contributed by atoms with Crippen LogP contribution >= 0.6 is 0 Å². The van der Waals surface area contributed by atoms with Crippen LogP contribution in [0.5, 0.6) is 0 Å². The van der Waals surface area contributed by atoms with Gasteiger partial charge in [-0.05, 0) is 29.0 Å². The molecule has 0 saturated heterocycles. The third-order valence-electron chi connectivity index (χ3n) is 4.98. The third-order valence-corrected chi connectivity index (χ3v) is 4.98. The Balaban J connectivity index is 1.48. The molecule has 1 atom stereocenters. The van der Waals surface area contributed by atoms with Gasteiger partial charge in [0.05, 0.1) is 0 Å². The van der Waals surface area contributed by atoms with Crippen LogP contribution in [0.2, 0.25) is 0 Å². The van der Waals surface area contributed by atoms with Crippen LogP contribution in [0.25, 0.3) is 0 Å². The van der Waals surface area contributed by atoms with E-state index in [4.69, 9.17) is 0 Å². The molecule has 21 heavy (non-hydrogen) atoms. The number of carbonyl (C=O) groups is 1. The van der Waals surface area contributed by atoms with Gasteiger partial charge in [-0.25, -0.2) is 0 Å². The van der Waals surface area contributed by atoms with Crippen molar-refractivity contribution in [1.82, 2.24) is 10.6 Å². The maximum atomic E-state index is 12.2. The van der Waals surface area contributed by atoms with Gasteiger partial charge in [0.2, 0.25) is 5.91 Å². The zero-order valence-corrected chi connectivity index (χ0v) is 13.0. The largest absolute Gasteiger partial charge is 0.352 e. The molecule has 1 unspecified atom stereocenters. The summed E-state index contributed by atoms with van der Waals surface area (Å²) in [5, 5.41) is 6.46. The average molecular weight is 286 g/mol. The molecule has 0 aromatic heterocycles. The van der Waals surface area contributed by atoms with E-state index in [1.54, 1.807) is 0 Å². The van der Waals surface area contributed by atoms with Crippen LogP contribution in [-0.4, -0.2) is 5.91 Å². The normalized spacial score (nSPS) is 19.5. The first-order valence-electron chi connectivity index (χ1n) is 8.31. The summed E-state index contributed by atoms with van der Waals surface area (Å²) in [5.41, 5.74) is 3.97. The summed E-state index contributed by atoms with van der Waals surface area (Å²) in [4.78, 5) is 12.2. The molecule has 1 saturated carbocycles. The number of hydrogen-bond donors (Lipinski definition) is 2. The van der Waals surface area contributed by atoms with Gasteiger partial charge in [-0.3, -0.25) is 4.79 Å². The molecular weight excluding hydrogens is 260 g/mol. The Morgan fingerprint density at radius 2 is 2.05 bits per heavy atom. The van der Waals surface area contributed by atoms with Gasteiger partial charge in [0.1, 0.15) is 0 Å².